The van der Waals surface area contributed by atoms with E-state index in [1.54, 1.807) is 0 Å². The molecule has 0 fully saturated rings. The van der Waals surface area contributed by atoms with Crippen LogP contribution < -0.4 is 5.73 Å². The third-order valence-electron chi connectivity index (χ3n) is 2.39. The van der Waals surface area contributed by atoms with Crippen molar-refractivity contribution in [3.05, 3.63) is 55.1 Å². The van der Waals surface area contributed by atoms with Gasteiger partial charge in [-0.2, -0.15) is 5.26 Å². The second-order valence-corrected chi connectivity index (χ2v) is 7.25. The van der Waals surface area contributed by atoms with Gasteiger partial charge in [0, 0.05) is 5.56 Å². The van der Waals surface area contributed by atoms with Crippen molar-refractivity contribution in [2.45, 2.75) is 0 Å². The second-order valence-electron chi connectivity index (χ2n) is 3.50. The highest BCUT2D eigenvalue weighted by Gasteiger charge is 2.13. The van der Waals surface area contributed by atoms with Crippen LogP contribution in [0.15, 0.2) is 44.0 Å². The van der Waals surface area contributed by atoms with Crippen molar-refractivity contribution in [1.29, 1.82) is 5.26 Å². The maximum Gasteiger partial charge on any atom is 0.102 e. The zero-order valence-electron chi connectivity index (χ0n) is 9.15. The van der Waals surface area contributed by atoms with E-state index in [4.69, 9.17) is 5.73 Å². The summed E-state index contributed by atoms with van der Waals surface area (Å²) in [6.45, 7) is 0. The lowest BCUT2D eigenvalue weighted by Gasteiger charge is -2.04. The van der Waals surface area contributed by atoms with Crippen molar-refractivity contribution in [1.82, 2.24) is 0 Å². The molecule has 0 aliphatic carbocycles. The Balaban J connectivity index is 2.58. The number of rotatable bonds is 2. The van der Waals surface area contributed by atoms with Crippen molar-refractivity contribution < 1.29 is 0 Å². The Bertz CT molecular complexity index is 639. The molecule has 0 aliphatic rings. The Morgan fingerprint density at radius 3 is 2.39 bits per heavy atom. The Morgan fingerprint density at radius 1 is 1.22 bits per heavy atom. The molecule has 0 atom stereocenters. The molecular weight excluding hydrogens is 376 g/mol. The number of nitrogens with two attached hydrogens (primary N) is 1. The number of halogens is 2. The number of allylic oxidation sites excluding steroid dienone is 1. The highest BCUT2D eigenvalue weighted by atomic mass is 79.9. The van der Waals surface area contributed by atoms with Gasteiger partial charge in [0.2, 0.25) is 0 Å². The van der Waals surface area contributed by atoms with E-state index >= 15 is 0 Å². The Kier molecular flexibility index (Phi) is 4.23. The first kappa shape index (κ1) is 13.3. The van der Waals surface area contributed by atoms with E-state index in [2.05, 4.69) is 37.9 Å². The zero-order chi connectivity index (χ0) is 13.1. The Labute approximate surface area is 126 Å². The zero-order valence-corrected chi connectivity index (χ0v) is 13.1. The lowest BCUT2D eigenvalue weighted by molar-refractivity contribution is 1.49. The fourth-order valence-corrected chi connectivity index (χ4v) is 4.39. The predicted molar refractivity (Wildman–Crippen MR) is 82.8 cm³/mol. The minimum absolute atomic E-state index is 0.484. The number of hydrogen-bond donors (Lipinski definition) is 1. The van der Waals surface area contributed by atoms with Gasteiger partial charge in [0.05, 0.1) is 18.8 Å². The van der Waals surface area contributed by atoms with Gasteiger partial charge in [0.25, 0.3) is 0 Å². The van der Waals surface area contributed by atoms with Gasteiger partial charge in [-0.05, 0) is 43.5 Å². The number of nitriles is 1. The molecule has 2 aromatic rings. The molecule has 18 heavy (non-hydrogen) atoms. The molecule has 2 rings (SSSR count). The molecule has 1 aromatic carbocycles. The number of thiophene rings is 1. The first-order valence-corrected chi connectivity index (χ1v) is 7.44. The molecule has 2 N–H and O–H groups in total. The highest BCUT2D eigenvalue weighted by molar-refractivity contribution is 9.12. The molecule has 0 bridgehead atoms. The van der Waals surface area contributed by atoms with Gasteiger partial charge in [-0.3, -0.25) is 0 Å². The maximum absolute atomic E-state index is 9.30. The van der Waals surface area contributed by atoms with Crippen molar-refractivity contribution in [3.63, 3.8) is 0 Å². The maximum atomic E-state index is 9.30. The summed E-state index contributed by atoms with van der Waals surface area (Å²) < 4.78 is 1.88. The van der Waals surface area contributed by atoms with Crippen LogP contribution in [0.1, 0.15) is 11.1 Å². The van der Waals surface area contributed by atoms with Gasteiger partial charge in [-0.1, -0.05) is 30.3 Å². The molecule has 0 unspecified atom stereocenters. The van der Waals surface area contributed by atoms with Crippen LogP contribution >= 0.6 is 43.2 Å². The first-order valence-electron chi connectivity index (χ1n) is 5.04. The summed E-state index contributed by atoms with van der Waals surface area (Å²) in [4.78, 5) is 0. The lowest BCUT2D eigenvalue weighted by atomic mass is 10.0. The molecule has 0 aliphatic heterocycles. The molecule has 1 heterocycles. The summed E-state index contributed by atoms with van der Waals surface area (Å²) in [5.41, 5.74) is 8.75. The second kappa shape index (κ2) is 5.70. The van der Waals surface area contributed by atoms with Crippen molar-refractivity contribution in [2.24, 2.45) is 5.73 Å². The number of benzene rings is 1. The van der Waals surface area contributed by atoms with Crippen molar-refractivity contribution in [3.8, 4) is 6.07 Å². The van der Waals surface area contributed by atoms with Gasteiger partial charge in [0.15, 0.2) is 0 Å². The Hall–Kier alpha value is -1.09. The van der Waals surface area contributed by atoms with Crippen molar-refractivity contribution >= 4 is 54.5 Å². The molecular formula is C13H8Br2N2S. The number of nitrogens with zero attached hydrogens (tertiary/aromatic N) is 1. The van der Waals surface area contributed by atoms with Crippen LogP contribution in [0.5, 0.6) is 0 Å². The molecule has 0 saturated heterocycles. The van der Waals surface area contributed by atoms with Crippen LogP contribution in [0.2, 0.25) is 0 Å². The summed E-state index contributed by atoms with van der Waals surface area (Å²) in [7, 11) is 0. The molecule has 1 aromatic heterocycles. The van der Waals surface area contributed by atoms with Gasteiger partial charge in [0.1, 0.15) is 6.07 Å². The third-order valence-corrected chi connectivity index (χ3v) is 4.73. The van der Waals surface area contributed by atoms with E-state index < -0.39 is 0 Å². The third kappa shape index (κ3) is 2.66. The fourth-order valence-electron chi connectivity index (χ4n) is 1.54. The normalized spacial score (nSPS) is 11.8. The topological polar surface area (TPSA) is 49.8 Å². The van der Waals surface area contributed by atoms with Gasteiger partial charge >= 0.3 is 0 Å². The van der Waals surface area contributed by atoms with E-state index in [0.29, 0.717) is 11.3 Å². The summed E-state index contributed by atoms with van der Waals surface area (Å²) in [6, 6.07) is 13.5. The minimum Gasteiger partial charge on any atom is -0.397 e. The van der Waals surface area contributed by atoms with E-state index in [1.165, 1.54) is 11.3 Å². The molecule has 90 valence electrons. The smallest absolute Gasteiger partial charge is 0.102 e. The van der Waals surface area contributed by atoms with Crippen LogP contribution in [0.4, 0.5) is 0 Å². The molecule has 0 saturated carbocycles. The van der Waals surface area contributed by atoms with Gasteiger partial charge in [-0.15, -0.1) is 11.3 Å². The predicted octanol–water partition coefficient (Wildman–Crippen LogP) is 4.62. The van der Waals surface area contributed by atoms with Crippen LogP contribution in [0, 0.1) is 11.3 Å². The number of hydrogen-bond acceptors (Lipinski definition) is 3. The monoisotopic (exact) mass is 382 g/mol. The van der Waals surface area contributed by atoms with Gasteiger partial charge in [-0.25, -0.2) is 0 Å². The van der Waals surface area contributed by atoms with Gasteiger partial charge < -0.3 is 5.73 Å². The average Bonchev–Trinajstić information content (AvgIpc) is 2.70. The quantitative estimate of drug-likeness (QED) is 0.769. The minimum atomic E-state index is 0.484. The van der Waals surface area contributed by atoms with Crippen LogP contribution in [0.3, 0.4) is 0 Å². The van der Waals surface area contributed by atoms with Crippen LogP contribution in [-0.4, -0.2) is 0 Å². The summed E-state index contributed by atoms with van der Waals surface area (Å²) in [5.74, 6) is 0. The van der Waals surface area contributed by atoms with E-state index in [-0.39, 0.29) is 0 Å². The molecule has 0 radical (unpaired) electrons. The van der Waals surface area contributed by atoms with Crippen LogP contribution in [0.25, 0.3) is 11.3 Å². The summed E-state index contributed by atoms with van der Waals surface area (Å²) in [6.07, 6.45) is 0. The summed E-state index contributed by atoms with van der Waals surface area (Å²) >= 11 is 8.39. The molecule has 5 heteroatoms. The summed E-state index contributed by atoms with van der Waals surface area (Å²) in [5, 5.41) is 9.30. The van der Waals surface area contributed by atoms with Crippen LogP contribution in [-0.2, 0) is 0 Å². The van der Waals surface area contributed by atoms with E-state index in [9.17, 15) is 5.26 Å². The standard InChI is InChI=1S/C13H8Br2N2S/c14-11-6-9(13(15)18-11)12(17)10(7-16)8-4-2-1-3-5-8/h1-6H,17H2/b12-10-. The van der Waals surface area contributed by atoms with Crippen molar-refractivity contribution in [2.75, 3.05) is 0 Å². The van der Waals surface area contributed by atoms with E-state index in [0.717, 1.165) is 18.7 Å². The highest BCUT2D eigenvalue weighted by Crippen LogP contribution is 2.36. The Morgan fingerprint density at radius 2 is 1.89 bits per heavy atom. The van der Waals surface area contributed by atoms with E-state index in [1.807, 2.05) is 36.4 Å². The first-order chi connectivity index (χ1) is 8.63. The lowest BCUT2D eigenvalue weighted by Crippen LogP contribution is -2.00. The molecule has 0 spiro atoms. The largest absolute Gasteiger partial charge is 0.397 e. The SMILES string of the molecule is N#C/C(=C(/N)c1cc(Br)sc1Br)c1ccccc1. The molecule has 0 amide bonds. The average molecular weight is 384 g/mol. The molecule has 2 nitrogen and oxygen atoms in total. The fraction of sp³-hybridized carbons (Fsp3) is 0.